The third-order valence-corrected chi connectivity index (χ3v) is 7.95. The number of hydrogen-bond donors (Lipinski definition) is 2. The van der Waals surface area contributed by atoms with Gasteiger partial charge in [0.05, 0.1) is 35.2 Å². The molecule has 1 fully saturated rings. The number of nitrogens with zero attached hydrogens (tertiary/aromatic N) is 5. The highest BCUT2D eigenvalue weighted by atomic mass is 35.5. The van der Waals surface area contributed by atoms with Crippen LogP contribution in [0.2, 0.25) is 5.02 Å². The highest BCUT2D eigenvalue weighted by Crippen LogP contribution is 2.35. The minimum Gasteiger partial charge on any atom is -0.364 e. The van der Waals surface area contributed by atoms with E-state index in [4.69, 9.17) is 17.3 Å². The van der Waals surface area contributed by atoms with Crippen molar-refractivity contribution in [2.45, 2.75) is 25.2 Å². The van der Waals surface area contributed by atoms with Gasteiger partial charge in [0.25, 0.3) is 5.91 Å². The number of primary amides is 1. The molecule has 1 aliphatic rings. The summed E-state index contributed by atoms with van der Waals surface area (Å²) in [6.45, 7) is -0.968. The molecule has 3 heterocycles. The van der Waals surface area contributed by atoms with Crippen molar-refractivity contribution in [3.8, 4) is 23.0 Å². The zero-order valence-electron chi connectivity index (χ0n) is 24.9. The van der Waals surface area contributed by atoms with Crippen molar-refractivity contribution in [2.75, 3.05) is 11.9 Å². The Hall–Kier alpha value is -5.88. The van der Waals surface area contributed by atoms with Crippen molar-refractivity contribution in [2.24, 2.45) is 5.73 Å². The summed E-state index contributed by atoms with van der Waals surface area (Å²) < 4.78 is 71.9. The Kier molecular flexibility index (Phi) is 8.98. The standard InChI is InChI=1S/C33H21ClF5N7O3/c34-22-11-24(38)23(37)10-20(22)19-2-1-3-25(30(19)39)43-33(49)27-9-17(35)14-45(27)29(47)15-46-26-6-4-16(8-21(26)31(44-46)32(40)48)5-7-28-41-12-18(36)13-42-28/h1-4,6,8,10-13,17,27H,9,14-15H2,(H2,40,48)(H,43,49). The summed E-state index contributed by atoms with van der Waals surface area (Å²) in [7, 11) is 0. The molecule has 0 radical (unpaired) electrons. The maximum atomic E-state index is 15.5. The first-order valence-electron chi connectivity index (χ1n) is 14.4. The number of halogens is 6. The Labute approximate surface area is 278 Å². The van der Waals surface area contributed by atoms with Crippen LogP contribution in [0.4, 0.5) is 27.6 Å². The molecule has 0 spiro atoms. The monoisotopic (exact) mass is 693 g/mol. The van der Waals surface area contributed by atoms with Gasteiger partial charge in [0, 0.05) is 28.5 Å². The minimum absolute atomic E-state index is 0.0522. The van der Waals surface area contributed by atoms with Gasteiger partial charge in [-0.2, -0.15) is 5.10 Å². The Balaban J connectivity index is 1.23. The van der Waals surface area contributed by atoms with Crippen molar-refractivity contribution in [3.63, 3.8) is 0 Å². The number of alkyl halides is 1. The molecule has 1 aliphatic heterocycles. The maximum Gasteiger partial charge on any atom is 0.269 e. The van der Waals surface area contributed by atoms with Crippen LogP contribution >= 0.6 is 11.6 Å². The van der Waals surface area contributed by atoms with Gasteiger partial charge in [-0.3, -0.25) is 19.1 Å². The molecule has 3 N–H and O–H groups in total. The maximum absolute atomic E-state index is 15.5. The molecule has 248 valence electrons. The fourth-order valence-electron chi connectivity index (χ4n) is 5.37. The molecule has 1 saturated heterocycles. The lowest BCUT2D eigenvalue weighted by Gasteiger charge is -2.24. The van der Waals surface area contributed by atoms with E-state index in [2.05, 4.69) is 32.2 Å². The van der Waals surface area contributed by atoms with Crippen LogP contribution in [0.3, 0.4) is 0 Å². The first-order valence-corrected chi connectivity index (χ1v) is 14.7. The third-order valence-electron chi connectivity index (χ3n) is 7.64. The van der Waals surface area contributed by atoms with Crippen LogP contribution in [0.15, 0.2) is 60.9 Å². The van der Waals surface area contributed by atoms with Gasteiger partial charge >= 0.3 is 0 Å². The predicted molar refractivity (Wildman–Crippen MR) is 167 cm³/mol. The summed E-state index contributed by atoms with van der Waals surface area (Å²) >= 11 is 6.01. The number of nitrogens with two attached hydrogens (primary N) is 1. The molecule has 6 rings (SSSR count). The number of aromatic nitrogens is 4. The van der Waals surface area contributed by atoms with E-state index in [1.807, 2.05) is 0 Å². The van der Waals surface area contributed by atoms with Crippen molar-refractivity contribution in [3.05, 3.63) is 106 Å². The van der Waals surface area contributed by atoms with E-state index in [0.29, 0.717) is 23.2 Å². The lowest BCUT2D eigenvalue weighted by Crippen LogP contribution is -2.44. The van der Waals surface area contributed by atoms with Crippen LogP contribution in [0.5, 0.6) is 0 Å². The molecule has 3 aromatic carbocycles. The smallest absolute Gasteiger partial charge is 0.269 e. The second-order valence-corrected chi connectivity index (χ2v) is 11.3. The van der Waals surface area contributed by atoms with Crippen molar-refractivity contribution < 1.29 is 36.3 Å². The molecule has 49 heavy (non-hydrogen) atoms. The number of amides is 3. The summed E-state index contributed by atoms with van der Waals surface area (Å²) in [4.78, 5) is 47.5. The number of benzene rings is 3. The molecule has 0 bridgehead atoms. The molecule has 2 aromatic heterocycles. The second kappa shape index (κ2) is 13.3. The van der Waals surface area contributed by atoms with E-state index < -0.39 is 66.3 Å². The number of carbonyl (C=O) groups is 3. The van der Waals surface area contributed by atoms with Gasteiger partial charge in [-0.15, -0.1) is 0 Å². The average Bonchev–Trinajstić information content (AvgIpc) is 3.64. The second-order valence-electron chi connectivity index (χ2n) is 10.9. The van der Waals surface area contributed by atoms with E-state index in [1.165, 1.54) is 35.0 Å². The Morgan fingerprint density at radius 2 is 1.71 bits per heavy atom. The molecule has 10 nitrogen and oxygen atoms in total. The molecule has 0 aliphatic carbocycles. The largest absolute Gasteiger partial charge is 0.364 e. The highest BCUT2D eigenvalue weighted by molar-refractivity contribution is 6.33. The van der Waals surface area contributed by atoms with E-state index >= 15 is 4.39 Å². The molecule has 3 amide bonds. The third kappa shape index (κ3) is 6.76. The SMILES string of the molecule is NC(=O)c1nn(CC(=O)N2CC(F)CC2C(=O)Nc2cccc(-c3cc(F)c(F)cc3Cl)c2F)c2ccc(C#Cc3ncc(F)cn3)cc12. The van der Waals surface area contributed by atoms with Gasteiger partial charge < -0.3 is 16.0 Å². The van der Waals surface area contributed by atoms with Gasteiger partial charge in [0.2, 0.25) is 17.6 Å². The fourth-order valence-corrected chi connectivity index (χ4v) is 5.63. The van der Waals surface area contributed by atoms with Gasteiger partial charge in [-0.1, -0.05) is 29.7 Å². The van der Waals surface area contributed by atoms with E-state index in [0.717, 1.165) is 17.3 Å². The van der Waals surface area contributed by atoms with E-state index in [1.54, 1.807) is 6.07 Å². The zero-order valence-corrected chi connectivity index (χ0v) is 25.6. The molecule has 0 saturated carbocycles. The molecule has 2 unspecified atom stereocenters. The van der Waals surface area contributed by atoms with Crippen molar-refractivity contribution in [1.29, 1.82) is 0 Å². The molecular weight excluding hydrogens is 673 g/mol. The van der Waals surface area contributed by atoms with Crippen LogP contribution in [-0.2, 0) is 16.1 Å². The summed E-state index contributed by atoms with van der Waals surface area (Å²) in [5, 5.41) is 6.50. The number of hydrogen-bond acceptors (Lipinski definition) is 6. The van der Waals surface area contributed by atoms with E-state index in [-0.39, 0.29) is 45.2 Å². The van der Waals surface area contributed by atoms with Crippen molar-refractivity contribution >= 4 is 45.9 Å². The summed E-state index contributed by atoms with van der Waals surface area (Å²) in [6.07, 6.45) is -0.0615. The lowest BCUT2D eigenvalue weighted by atomic mass is 10.0. The molecule has 2 atom stereocenters. The van der Waals surface area contributed by atoms with Crippen LogP contribution in [-0.4, -0.2) is 61.1 Å². The number of anilines is 1. The summed E-state index contributed by atoms with van der Waals surface area (Å²) in [5.41, 5.74) is 5.28. The highest BCUT2D eigenvalue weighted by Gasteiger charge is 2.40. The number of fused-ring (bicyclic) bond motifs is 1. The Morgan fingerprint density at radius 1 is 0.980 bits per heavy atom. The quantitative estimate of drug-likeness (QED) is 0.149. The van der Waals surface area contributed by atoms with Gasteiger partial charge in [0.15, 0.2) is 29.0 Å². The van der Waals surface area contributed by atoms with Crippen LogP contribution in [0, 0.1) is 35.1 Å². The Bertz CT molecular complexity index is 2220. The molecule has 5 aromatic rings. The lowest BCUT2D eigenvalue weighted by molar-refractivity contribution is -0.137. The van der Waals surface area contributed by atoms with Crippen LogP contribution in [0.1, 0.15) is 28.3 Å². The topological polar surface area (TPSA) is 136 Å². The molecular formula is C33H21ClF5N7O3. The van der Waals surface area contributed by atoms with Crippen LogP contribution < -0.4 is 11.1 Å². The Morgan fingerprint density at radius 3 is 2.45 bits per heavy atom. The van der Waals surface area contributed by atoms with E-state index in [9.17, 15) is 31.9 Å². The zero-order chi connectivity index (χ0) is 35.0. The first kappa shape index (κ1) is 33.0. The van der Waals surface area contributed by atoms with Gasteiger partial charge in [0.1, 0.15) is 18.8 Å². The van der Waals surface area contributed by atoms with Crippen LogP contribution in [0.25, 0.3) is 22.0 Å². The predicted octanol–water partition coefficient (Wildman–Crippen LogP) is 4.78. The fraction of sp³-hybridized carbons (Fsp3) is 0.152. The normalized spacial score (nSPS) is 15.6. The van der Waals surface area contributed by atoms with Gasteiger partial charge in [-0.05, 0) is 42.3 Å². The molecule has 16 heteroatoms. The summed E-state index contributed by atoms with van der Waals surface area (Å²) in [6, 6.07) is 8.42. The first-order chi connectivity index (χ1) is 23.4. The van der Waals surface area contributed by atoms with Crippen molar-refractivity contribution in [1.82, 2.24) is 24.6 Å². The number of rotatable bonds is 6. The number of likely N-dealkylation sites (tertiary alicyclic amines) is 1. The van der Waals surface area contributed by atoms with Gasteiger partial charge in [-0.25, -0.2) is 31.9 Å². The average molecular weight is 694 g/mol. The number of carbonyl (C=O) groups excluding carboxylic acids is 3. The summed E-state index contributed by atoms with van der Waals surface area (Å²) in [5.74, 6) is -1.18. The minimum atomic E-state index is -1.58. The number of nitrogens with one attached hydrogen (secondary N) is 1.